The standard InChI is InChI=1S/C47H90O15/c1-3-5-7-9-11-13-15-17-19-21-23-25-27-29-38(49)57-32-35(60-39(50)30-28-26-24-22-20-18-16-14-12-10-8-6-4-2)33-58-46-45(56)43(54)41(52)37(62-46)34-59-47-44(55)42(53)40(51)36(31-48)61-47/h35-37,39-48,50-56H,3-34H2,1-2H3/t35-,36-,37-,39?,40+,41+,42+,43+,44-,45-,46-,47+/m1/s1. The van der Waals surface area contributed by atoms with Crippen LogP contribution in [0.4, 0.5) is 0 Å². The second kappa shape index (κ2) is 36.1. The van der Waals surface area contributed by atoms with Crippen LogP contribution in [-0.2, 0) is 33.2 Å². The van der Waals surface area contributed by atoms with Gasteiger partial charge in [0, 0.05) is 6.42 Å². The van der Waals surface area contributed by atoms with E-state index in [9.17, 15) is 45.6 Å². The summed E-state index contributed by atoms with van der Waals surface area (Å²) in [6.07, 6.45) is 13.9. The third-order valence-electron chi connectivity index (χ3n) is 12.2. The van der Waals surface area contributed by atoms with Crippen molar-refractivity contribution in [1.82, 2.24) is 0 Å². The molecule has 0 radical (unpaired) electrons. The molecule has 15 heteroatoms. The Kier molecular flexibility index (Phi) is 33.2. The first kappa shape index (κ1) is 57.1. The Morgan fingerprint density at radius 2 is 0.903 bits per heavy atom. The van der Waals surface area contributed by atoms with Gasteiger partial charge < -0.3 is 69.3 Å². The van der Waals surface area contributed by atoms with E-state index >= 15 is 0 Å². The fourth-order valence-corrected chi connectivity index (χ4v) is 8.09. The fraction of sp³-hybridized carbons (Fsp3) is 0.979. The summed E-state index contributed by atoms with van der Waals surface area (Å²) in [4.78, 5) is 12.7. The topological polar surface area (TPSA) is 234 Å². The molecule has 0 amide bonds. The minimum Gasteiger partial charge on any atom is -0.463 e. The molecule has 2 rings (SSSR count). The lowest BCUT2D eigenvalue weighted by atomic mass is 9.98. The number of unbranched alkanes of at least 4 members (excludes halogenated alkanes) is 24. The first-order valence-electron chi connectivity index (χ1n) is 24.8. The number of hydrogen-bond donors (Lipinski definition) is 8. The van der Waals surface area contributed by atoms with Crippen LogP contribution in [-0.4, -0.2) is 147 Å². The molecule has 368 valence electrons. The van der Waals surface area contributed by atoms with Gasteiger partial charge in [-0.25, -0.2) is 0 Å². The summed E-state index contributed by atoms with van der Waals surface area (Å²) in [6, 6.07) is 0. The largest absolute Gasteiger partial charge is 0.463 e. The summed E-state index contributed by atoms with van der Waals surface area (Å²) in [6.45, 7) is 2.75. The number of aliphatic hydroxyl groups excluding tert-OH is 8. The molecule has 2 fully saturated rings. The molecule has 15 nitrogen and oxygen atoms in total. The zero-order valence-corrected chi connectivity index (χ0v) is 38.5. The van der Waals surface area contributed by atoms with Crippen LogP contribution in [0, 0.1) is 0 Å². The average molecular weight is 895 g/mol. The van der Waals surface area contributed by atoms with Gasteiger partial charge in [-0.2, -0.15) is 0 Å². The van der Waals surface area contributed by atoms with Crippen molar-refractivity contribution >= 4 is 5.97 Å². The van der Waals surface area contributed by atoms with Crippen molar-refractivity contribution in [3.05, 3.63) is 0 Å². The summed E-state index contributed by atoms with van der Waals surface area (Å²) in [7, 11) is 0. The van der Waals surface area contributed by atoms with Crippen LogP contribution in [0.2, 0.25) is 0 Å². The molecule has 0 aromatic carbocycles. The van der Waals surface area contributed by atoms with Gasteiger partial charge in [-0.15, -0.1) is 0 Å². The molecule has 0 aromatic rings. The molecule has 2 saturated heterocycles. The van der Waals surface area contributed by atoms with E-state index in [-0.39, 0.29) is 19.6 Å². The number of carbonyl (C=O) groups is 1. The van der Waals surface area contributed by atoms with Crippen molar-refractivity contribution in [3.63, 3.8) is 0 Å². The monoisotopic (exact) mass is 895 g/mol. The molecule has 1 unspecified atom stereocenters. The van der Waals surface area contributed by atoms with E-state index in [1.165, 1.54) is 116 Å². The SMILES string of the molecule is CCCCCCCCCCCCCCCC(=O)OC[C@H](CO[C@@H]1O[C@H](CO[C@H]2O[C@H](CO)[C@H](O)[C@H](O)[C@H]2O)[C@H](O)[C@H](O)[C@H]1O)OC(O)CCCCCCCCCCCCCCC. The average Bonchev–Trinajstić information content (AvgIpc) is 3.26. The van der Waals surface area contributed by atoms with Gasteiger partial charge in [-0.3, -0.25) is 4.79 Å². The minimum atomic E-state index is -1.74. The lowest BCUT2D eigenvalue weighted by molar-refractivity contribution is -0.334. The Morgan fingerprint density at radius 3 is 1.37 bits per heavy atom. The van der Waals surface area contributed by atoms with Gasteiger partial charge in [0.15, 0.2) is 18.9 Å². The smallest absolute Gasteiger partial charge is 0.305 e. The number of carbonyl (C=O) groups excluding carboxylic acids is 1. The zero-order chi connectivity index (χ0) is 45.4. The second-order valence-electron chi connectivity index (χ2n) is 17.8. The Hall–Kier alpha value is -1.05. The van der Waals surface area contributed by atoms with Crippen molar-refractivity contribution in [3.8, 4) is 0 Å². The third kappa shape index (κ3) is 24.5. The Labute approximate surface area is 373 Å². The maximum atomic E-state index is 12.7. The molecular formula is C47H90O15. The van der Waals surface area contributed by atoms with Crippen LogP contribution in [0.3, 0.4) is 0 Å². The van der Waals surface area contributed by atoms with Gasteiger partial charge in [0.2, 0.25) is 0 Å². The summed E-state index contributed by atoms with van der Waals surface area (Å²) in [5.74, 6) is -0.398. The van der Waals surface area contributed by atoms with E-state index in [4.69, 9.17) is 28.4 Å². The molecule has 2 aliphatic heterocycles. The van der Waals surface area contributed by atoms with Crippen molar-refractivity contribution in [2.75, 3.05) is 26.4 Å². The molecule has 0 bridgehead atoms. The van der Waals surface area contributed by atoms with Gasteiger partial charge in [-0.05, 0) is 19.3 Å². The fourth-order valence-electron chi connectivity index (χ4n) is 8.09. The van der Waals surface area contributed by atoms with E-state index < -0.39 is 93.0 Å². The highest BCUT2D eigenvalue weighted by atomic mass is 16.7. The van der Waals surface area contributed by atoms with Crippen LogP contribution in [0.15, 0.2) is 0 Å². The van der Waals surface area contributed by atoms with Gasteiger partial charge in [0.05, 0.1) is 19.8 Å². The van der Waals surface area contributed by atoms with E-state index in [2.05, 4.69) is 13.8 Å². The number of rotatable bonds is 39. The third-order valence-corrected chi connectivity index (χ3v) is 12.2. The van der Waals surface area contributed by atoms with E-state index in [1.807, 2.05) is 0 Å². The summed E-state index contributed by atoms with van der Waals surface area (Å²) < 4.78 is 33.8. The predicted octanol–water partition coefficient (Wildman–Crippen LogP) is 5.84. The van der Waals surface area contributed by atoms with Gasteiger partial charge in [0.1, 0.15) is 61.5 Å². The normalized spacial score (nSPS) is 27.6. The Balaban J connectivity index is 1.82. The maximum absolute atomic E-state index is 12.7. The second-order valence-corrected chi connectivity index (χ2v) is 17.8. The number of esters is 1. The lowest BCUT2D eigenvalue weighted by Gasteiger charge is -2.42. The number of hydrogen-bond acceptors (Lipinski definition) is 15. The van der Waals surface area contributed by atoms with Crippen molar-refractivity contribution in [2.24, 2.45) is 0 Å². The highest BCUT2D eigenvalue weighted by molar-refractivity contribution is 5.69. The van der Waals surface area contributed by atoms with E-state index in [1.54, 1.807) is 0 Å². The molecule has 12 atom stereocenters. The van der Waals surface area contributed by atoms with Crippen molar-refractivity contribution in [2.45, 2.75) is 267 Å². The molecular weight excluding hydrogens is 805 g/mol. The van der Waals surface area contributed by atoms with Crippen molar-refractivity contribution < 1.29 is 74.1 Å². The van der Waals surface area contributed by atoms with Crippen molar-refractivity contribution in [1.29, 1.82) is 0 Å². The minimum absolute atomic E-state index is 0.232. The number of aliphatic hydroxyl groups is 8. The molecule has 0 aliphatic carbocycles. The van der Waals surface area contributed by atoms with Crippen LogP contribution < -0.4 is 0 Å². The van der Waals surface area contributed by atoms with Gasteiger partial charge in [-0.1, -0.05) is 168 Å². The highest BCUT2D eigenvalue weighted by Crippen LogP contribution is 2.27. The van der Waals surface area contributed by atoms with Crippen LogP contribution in [0.25, 0.3) is 0 Å². The summed E-state index contributed by atoms with van der Waals surface area (Å²) in [5.41, 5.74) is 0. The van der Waals surface area contributed by atoms with E-state index in [0.29, 0.717) is 12.8 Å². The molecule has 0 aromatic heterocycles. The molecule has 2 aliphatic rings. The molecule has 2 heterocycles. The maximum Gasteiger partial charge on any atom is 0.305 e. The van der Waals surface area contributed by atoms with Crippen LogP contribution in [0.1, 0.15) is 194 Å². The Morgan fingerprint density at radius 1 is 0.500 bits per heavy atom. The quantitative estimate of drug-likeness (QED) is 0.0206. The van der Waals surface area contributed by atoms with E-state index in [0.717, 1.165) is 44.9 Å². The summed E-state index contributed by atoms with van der Waals surface area (Å²) in [5, 5.41) is 82.8. The molecule has 62 heavy (non-hydrogen) atoms. The first-order valence-corrected chi connectivity index (χ1v) is 24.8. The predicted molar refractivity (Wildman–Crippen MR) is 235 cm³/mol. The zero-order valence-electron chi connectivity index (χ0n) is 38.5. The van der Waals surface area contributed by atoms with Crippen LogP contribution in [0.5, 0.6) is 0 Å². The Bertz CT molecular complexity index is 1050. The van der Waals surface area contributed by atoms with Gasteiger partial charge >= 0.3 is 5.97 Å². The summed E-state index contributed by atoms with van der Waals surface area (Å²) >= 11 is 0. The van der Waals surface area contributed by atoms with Gasteiger partial charge in [0.25, 0.3) is 0 Å². The first-order chi connectivity index (χ1) is 30.0. The highest BCUT2D eigenvalue weighted by Gasteiger charge is 2.47. The molecule has 0 spiro atoms. The molecule has 8 N–H and O–H groups in total. The van der Waals surface area contributed by atoms with Crippen LogP contribution >= 0.6 is 0 Å². The molecule has 0 saturated carbocycles. The lowest BCUT2D eigenvalue weighted by Crippen LogP contribution is -2.61. The number of ether oxygens (including phenoxy) is 6.